The first-order valence-corrected chi connectivity index (χ1v) is 7.15. The Morgan fingerprint density at radius 3 is 2.55 bits per heavy atom. The van der Waals surface area contributed by atoms with Crippen LogP contribution in [0.25, 0.3) is 11.1 Å². The predicted molar refractivity (Wildman–Crippen MR) is 87.7 cm³/mol. The molecule has 0 saturated heterocycles. The number of nitrogens with two attached hydrogens (primary N) is 1. The molecule has 1 aromatic heterocycles. The fraction of sp³-hybridized carbons (Fsp3) is 0.267. The summed E-state index contributed by atoms with van der Waals surface area (Å²) in [6, 6.07) is 10.2. The maximum atomic E-state index is 12.2. The van der Waals surface area contributed by atoms with Crippen molar-refractivity contribution in [1.29, 1.82) is 0 Å². The van der Waals surface area contributed by atoms with Gasteiger partial charge >= 0.3 is 0 Å². The predicted octanol–water partition coefficient (Wildman–Crippen LogP) is 3.22. The Kier molecular flexibility index (Phi) is 6.20. The van der Waals surface area contributed by atoms with E-state index in [0.29, 0.717) is 6.54 Å². The molecule has 0 fully saturated rings. The fourth-order valence-electron chi connectivity index (χ4n) is 1.79. The number of carbonyl (C=O) groups is 1. The van der Waals surface area contributed by atoms with Crippen LogP contribution in [0.4, 0.5) is 0 Å². The van der Waals surface area contributed by atoms with Crippen molar-refractivity contribution in [2.75, 3.05) is 6.54 Å². The molecule has 0 spiro atoms. The second-order valence-electron chi connectivity index (χ2n) is 4.64. The van der Waals surface area contributed by atoms with E-state index >= 15 is 0 Å². The average molecular weight is 311 g/mol. The third-order valence-electron chi connectivity index (χ3n) is 2.97. The summed E-state index contributed by atoms with van der Waals surface area (Å²) in [4.78, 5) is 12.9. The number of hydrogen-bond donors (Lipinski definition) is 2. The van der Waals surface area contributed by atoms with Gasteiger partial charge in [0.15, 0.2) is 0 Å². The van der Waals surface area contributed by atoms with Gasteiger partial charge in [0.2, 0.25) is 0 Å². The second kappa shape index (κ2) is 7.43. The SMILES string of the molecule is Cc1ccc(-c2ccsc2C(=O)N[C@@H](C)CN)cc1.Cl. The number of rotatable bonds is 4. The molecule has 3 N–H and O–H groups in total. The maximum absolute atomic E-state index is 12.2. The lowest BCUT2D eigenvalue weighted by atomic mass is 10.0. The highest BCUT2D eigenvalue weighted by Gasteiger charge is 2.15. The smallest absolute Gasteiger partial charge is 0.262 e. The molecule has 1 heterocycles. The third-order valence-corrected chi connectivity index (χ3v) is 3.88. The van der Waals surface area contributed by atoms with Crippen molar-refractivity contribution in [3.05, 3.63) is 46.2 Å². The Morgan fingerprint density at radius 1 is 1.30 bits per heavy atom. The molecule has 108 valence electrons. The normalized spacial score (nSPS) is 11.6. The molecule has 2 aromatic rings. The van der Waals surface area contributed by atoms with Gasteiger partial charge in [-0.3, -0.25) is 4.79 Å². The van der Waals surface area contributed by atoms with Crippen LogP contribution in [0.5, 0.6) is 0 Å². The summed E-state index contributed by atoms with van der Waals surface area (Å²) in [5, 5.41) is 4.84. The van der Waals surface area contributed by atoms with E-state index in [1.54, 1.807) is 0 Å². The zero-order valence-corrected chi connectivity index (χ0v) is 13.2. The van der Waals surface area contributed by atoms with Crippen LogP contribution in [0.15, 0.2) is 35.7 Å². The van der Waals surface area contributed by atoms with Gasteiger partial charge in [-0.2, -0.15) is 0 Å². The zero-order chi connectivity index (χ0) is 13.8. The summed E-state index contributed by atoms with van der Waals surface area (Å²) >= 11 is 1.46. The Labute approximate surface area is 129 Å². The highest BCUT2D eigenvalue weighted by atomic mass is 35.5. The summed E-state index contributed by atoms with van der Waals surface area (Å²) in [5.41, 5.74) is 8.78. The molecular formula is C15H19ClN2OS. The Morgan fingerprint density at radius 2 is 1.95 bits per heavy atom. The fourth-order valence-corrected chi connectivity index (χ4v) is 2.61. The average Bonchev–Trinajstić information content (AvgIpc) is 2.88. The van der Waals surface area contributed by atoms with E-state index in [0.717, 1.165) is 16.0 Å². The van der Waals surface area contributed by atoms with Crippen LogP contribution in [-0.2, 0) is 0 Å². The van der Waals surface area contributed by atoms with E-state index in [4.69, 9.17) is 5.73 Å². The van der Waals surface area contributed by atoms with E-state index in [9.17, 15) is 4.79 Å². The van der Waals surface area contributed by atoms with Gasteiger partial charge in [0.05, 0.1) is 4.88 Å². The summed E-state index contributed by atoms with van der Waals surface area (Å²) in [7, 11) is 0. The Bertz CT molecular complexity index is 566. The number of halogens is 1. The summed E-state index contributed by atoms with van der Waals surface area (Å²) in [6.45, 7) is 4.39. The Hall–Kier alpha value is -1.36. The van der Waals surface area contributed by atoms with Crippen molar-refractivity contribution in [3.63, 3.8) is 0 Å². The highest BCUT2D eigenvalue weighted by molar-refractivity contribution is 7.12. The van der Waals surface area contributed by atoms with Gasteiger partial charge in [0.1, 0.15) is 0 Å². The van der Waals surface area contributed by atoms with Gasteiger partial charge in [-0.25, -0.2) is 0 Å². The van der Waals surface area contributed by atoms with Gasteiger partial charge in [-0.1, -0.05) is 29.8 Å². The van der Waals surface area contributed by atoms with Crippen molar-refractivity contribution in [1.82, 2.24) is 5.32 Å². The molecule has 2 rings (SSSR count). The lowest BCUT2D eigenvalue weighted by Gasteiger charge is -2.11. The first kappa shape index (κ1) is 16.7. The molecule has 0 bridgehead atoms. The number of hydrogen-bond acceptors (Lipinski definition) is 3. The molecule has 0 aliphatic carbocycles. The third kappa shape index (κ3) is 3.82. The van der Waals surface area contributed by atoms with Gasteiger partial charge in [-0.15, -0.1) is 23.7 Å². The lowest BCUT2D eigenvalue weighted by Crippen LogP contribution is -2.37. The summed E-state index contributed by atoms with van der Waals surface area (Å²) in [5.74, 6) is -0.0523. The van der Waals surface area contributed by atoms with Crippen LogP contribution >= 0.6 is 23.7 Å². The van der Waals surface area contributed by atoms with E-state index in [1.807, 2.05) is 37.4 Å². The minimum absolute atomic E-state index is 0. The summed E-state index contributed by atoms with van der Waals surface area (Å²) < 4.78 is 0. The van der Waals surface area contributed by atoms with Gasteiger partial charge in [-0.05, 0) is 30.9 Å². The number of amides is 1. The molecule has 3 nitrogen and oxygen atoms in total. The first-order chi connectivity index (χ1) is 9.11. The van der Waals surface area contributed by atoms with Crippen molar-refractivity contribution < 1.29 is 4.79 Å². The number of aryl methyl sites for hydroxylation is 1. The van der Waals surface area contributed by atoms with Crippen molar-refractivity contribution >= 4 is 29.7 Å². The lowest BCUT2D eigenvalue weighted by molar-refractivity contribution is 0.0946. The van der Waals surface area contributed by atoms with Crippen molar-refractivity contribution in [2.24, 2.45) is 5.73 Å². The second-order valence-corrected chi connectivity index (χ2v) is 5.56. The van der Waals surface area contributed by atoms with Crippen LogP contribution in [0, 0.1) is 6.92 Å². The van der Waals surface area contributed by atoms with Crippen LogP contribution in [-0.4, -0.2) is 18.5 Å². The molecule has 1 atom stereocenters. The molecular weight excluding hydrogens is 292 g/mol. The number of benzene rings is 1. The van der Waals surface area contributed by atoms with Gasteiger partial charge in [0, 0.05) is 18.2 Å². The summed E-state index contributed by atoms with van der Waals surface area (Å²) in [6.07, 6.45) is 0. The van der Waals surface area contributed by atoms with Crippen LogP contribution in [0.1, 0.15) is 22.2 Å². The first-order valence-electron chi connectivity index (χ1n) is 6.27. The van der Waals surface area contributed by atoms with E-state index in [2.05, 4.69) is 17.4 Å². The standard InChI is InChI=1S/C15H18N2OS.ClH/c1-10-3-5-12(6-4-10)13-7-8-19-14(13)15(18)17-11(2)9-16;/h3-8,11H,9,16H2,1-2H3,(H,17,18);1H/t11-;/m0./s1. The number of carbonyl (C=O) groups excluding carboxylic acids is 1. The van der Waals surface area contributed by atoms with Gasteiger partial charge in [0.25, 0.3) is 5.91 Å². The van der Waals surface area contributed by atoms with Gasteiger partial charge < -0.3 is 11.1 Å². The molecule has 5 heteroatoms. The van der Waals surface area contributed by atoms with Crippen LogP contribution in [0.3, 0.4) is 0 Å². The number of nitrogens with one attached hydrogen (secondary N) is 1. The molecule has 0 unspecified atom stereocenters. The van der Waals surface area contributed by atoms with Crippen molar-refractivity contribution in [3.8, 4) is 11.1 Å². The number of thiophene rings is 1. The van der Waals surface area contributed by atoms with E-state index < -0.39 is 0 Å². The largest absolute Gasteiger partial charge is 0.348 e. The molecule has 0 radical (unpaired) electrons. The molecule has 0 aliphatic rings. The van der Waals surface area contributed by atoms with Crippen LogP contribution in [0.2, 0.25) is 0 Å². The highest BCUT2D eigenvalue weighted by Crippen LogP contribution is 2.28. The van der Waals surface area contributed by atoms with Crippen LogP contribution < -0.4 is 11.1 Å². The molecule has 20 heavy (non-hydrogen) atoms. The molecule has 1 aromatic carbocycles. The van der Waals surface area contributed by atoms with E-state index in [-0.39, 0.29) is 24.4 Å². The van der Waals surface area contributed by atoms with E-state index in [1.165, 1.54) is 16.9 Å². The molecule has 0 saturated carbocycles. The maximum Gasteiger partial charge on any atom is 0.262 e. The minimum Gasteiger partial charge on any atom is -0.348 e. The topological polar surface area (TPSA) is 55.1 Å². The monoisotopic (exact) mass is 310 g/mol. The Balaban J connectivity index is 0.00000200. The zero-order valence-electron chi connectivity index (χ0n) is 11.6. The quantitative estimate of drug-likeness (QED) is 0.911. The molecule has 1 amide bonds. The molecule has 0 aliphatic heterocycles. The minimum atomic E-state index is -0.0523. The van der Waals surface area contributed by atoms with Crippen molar-refractivity contribution in [2.45, 2.75) is 19.9 Å².